The minimum absolute atomic E-state index is 0.528. The largest absolute Gasteiger partial charge is 0.467 e. The van der Waals surface area contributed by atoms with Crippen molar-refractivity contribution < 1.29 is 9.52 Å². The lowest BCUT2D eigenvalue weighted by molar-refractivity contribution is 0.0765. The molecular formula is C18H30N2O2. The molecule has 4 nitrogen and oxygen atoms in total. The van der Waals surface area contributed by atoms with E-state index >= 15 is 0 Å². The van der Waals surface area contributed by atoms with E-state index in [0.29, 0.717) is 18.3 Å². The van der Waals surface area contributed by atoms with Crippen LogP contribution in [0, 0.1) is 5.92 Å². The Bertz CT molecular complexity index is 426. The average molecular weight is 306 g/mol. The maximum absolute atomic E-state index is 10.1. The lowest BCUT2D eigenvalue weighted by Gasteiger charge is -2.42. The summed E-state index contributed by atoms with van der Waals surface area (Å²) in [4.78, 5) is 2.71. The van der Waals surface area contributed by atoms with E-state index in [-0.39, 0.29) is 0 Å². The lowest BCUT2D eigenvalue weighted by atomic mass is 9.84. The van der Waals surface area contributed by atoms with Crippen LogP contribution in [0.1, 0.15) is 57.3 Å². The van der Waals surface area contributed by atoms with Gasteiger partial charge in [-0.1, -0.05) is 19.8 Å². The molecule has 0 radical (unpaired) electrons. The molecule has 3 unspecified atom stereocenters. The fourth-order valence-corrected chi connectivity index (χ4v) is 4.13. The van der Waals surface area contributed by atoms with E-state index in [1.54, 1.807) is 6.26 Å². The van der Waals surface area contributed by atoms with Crippen molar-refractivity contribution >= 4 is 0 Å². The molecule has 1 aliphatic heterocycles. The molecule has 1 aromatic rings. The zero-order valence-electron chi connectivity index (χ0n) is 13.7. The van der Waals surface area contributed by atoms with Crippen LogP contribution in [0.25, 0.3) is 0 Å². The van der Waals surface area contributed by atoms with Crippen LogP contribution in [0.15, 0.2) is 22.8 Å². The Labute approximate surface area is 133 Å². The Balaban J connectivity index is 1.40. The van der Waals surface area contributed by atoms with Crippen molar-refractivity contribution in [3.8, 4) is 0 Å². The van der Waals surface area contributed by atoms with E-state index in [9.17, 15) is 5.11 Å². The number of piperidine rings is 1. The summed E-state index contributed by atoms with van der Waals surface area (Å²) in [5.74, 6) is 1.51. The predicted octanol–water partition coefficient (Wildman–Crippen LogP) is 2.95. The third kappa shape index (κ3) is 3.92. The first kappa shape index (κ1) is 16.0. The minimum atomic E-state index is -0.536. The van der Waals surface area contributed by atoms with Crippen molar-refractivity contribution in [1.29, 1.82) is 0 Å². The summed E-state index contributed by atoms with van der Waals surface area (Å²) in [5.41, 5.74) is 0. The first-order valence-corrected chi connectivity index (χ1v) is 8.93. The van der Waals surface area contributed by atoms with Crippen LogP contribution in [0.5, 0.6) is 0 Å². The van der Waals surface area contributed by atoms with Gasteiger partial charge in [0.1, 0.15) is 11.9 Å². The Morgan fingerprint density at radius 1 is 1.27 bits per heavy atom. The highest BCUT2D eigenvalue weighted by atomic mass is 16.4. The van der Waals surface area contributed by atoms with Gasteiger partial charge >= 0.3 is 0 Å². The number of nitrogens with one attached hydrogen (secondary N) is 1. The summed E-state index contributed by atoms with van der Waals surface area (Å²) in [5, 5.41) is 13.6. The molecule has 0 aromatic carbocycles. The molecule has 124 valence electrons. The molecule has 0 bridgehead atoms. The number of nitrogens with zero attached hydrogens (tertiary/aromatic N) is 1. The maximum Gasteiger partial charge on any atom is 0.133 e. The number of aliphatic hydroxyl groups is 1. The molecule has 0 amide bonds. The molecule has 3 rings (SSSR count). The van der Waals surface area contributed by atoms with Crippen molar-refractivity contribution in [3.05, 3.63) is 24.2 Å². The fourth-order valence-electron chi connectivity index (χ4n) is 4.13. The van der Waals surface area contributed by atoms with Crippen molar-refractivity contribution in [3.63, 3.8) is 0 Å². The molecule has 4 heteroatoms. The molecule has 1 aromatic heterocycles. The summed E-state index contributed by atoms with van der Waals surface area (Å²) in [6.07, 6.45) is 9.06. The van der Waals surface area contributed by atoms with E-state index < -0.39 is 6.10 Å². The summed E-state index contributed by atoms with van der Waals surface area (Å²) < 4.78 is 5.25. The minimum Gasteiger partial charge on any atom is -0.467 e. The summed E-state index contributed by atoms with van der Waals surface area (Å²) in [7, 11) is 0. The number of likely N-dealkylation sites (tertiary alicyclic amines) is 1. The highest BCUT2D eigenvalue weighted by Crippen LogP contribution is 2.30. The Morgan fingerprint density at radius 3 is 2.73 bits per heavy atom. The Morgan fingerprint density at radius 2 is 2.05 bits per heavy atom. The first-order chi connectivity index (χ1) is 10.7. The number of aliphatic hydroxyl groups excluding tert-OH is 1. The third-order valence-corrected chi connectivity index (χ3v) is 5.54. The quantitative estimate of drug-likeness (QED) is 0.878. The van der Waals surface area contributed by atoms with Crippen LogP contribution in [-0.2, 0) is 0 Å². The Kier molecular flexibility index (Phi) is 5.55. The fraction of sp³-hybridized carbons (Fsp3) is 0.778. The van der Waals surface area contributed by atoms with Gasteiger partial charge in [-0.05, 0) is 56.8 Å². The van der Waals surface area contributed by atoms with Crippen molar-refractivity contribution in [1.82, 2.24) is 10.2 Å². The van der Waals surface area contributed by atoms with Gasteiger partial charge < -0.3 is 19.7 Å². The van der Waals surface area contributed by atoms with Crippen LogP contribution in [-0.4, -0.2) is 41.7 Å². The van der Waals surface area contributed by atoms with Gasteiger partial charge in [-0.3, -0.25) is 0 Å². The number of hydrogen-bond acceptors (Lipinski definition) is 4. The number of hydrogen-bond donors (Lipinski definition) is 2. The van der Waals surface area contributed by atoms with Crippen LogP contribution in [0.3, 0.4) is 0 Å². The highest BCUT2D eigenvalue weighted by molar-refractivity contribution is 5.02. The zero-order valence-corrected chi connectivity index (χ0v) is 13.7. The van der Waals surface area contributed by atoms with Gasteiger partial charge in [0.05, 0.1) is 6.26 Å². The van der Waals surface area contributed by atoms with Crippen LogP contribution in [0.2, 0.25) is 0 Å². The van der Waals surface area contributed by atoms with Gasteiger partial charge in [-0.15, -0.1) is 0 Å². The molecule has 22 heavy (non-hydrogen) atoms. The normalized spacial score (nSPS) is 29.5. The van der Waals surface area contributed by atoms with Crippen molar-refractivity contribution in [2.24, 2.45) is 5.92 Å². The van der Waals surface area contributed by atoms with Gasteiger partial charge in [0.15, 0.2) is 0 Å². The first-order valence-electron chi connectivity index (χ1n) is 8.93. The molecule has 2 fully saturated rings. The standard InChI is InChI=1S/C18H30N2O2/c1-14-5-2-3-6-16(14)20-10-8-15(9-11-20)19-13-17(21)18-7-4-12-22-18/h4,7,12,14-17,19,21H,2-3,5-6,8-11,13H2,1H3. The molecule has 2 aliphatic rings. The topological polar surface area (TPSA) is 48.6 Å². The number of rotatable bonds is 5. The summed E-state index contributed by atoms with van der Waals surface area (Å²) in [6.45, 7) is 5.40. The van der Waals surface area contributed by atoms with Gasteiger partial charge in [0, 0.05) is 18.6 Å². The molecule has 2 N–H and O–H groups in total. The highest BCUT2D eigenvalue weighted by Gasteiger charge is 2.30. The van der Waals surface area contributed by atoms with E-state index in [0.717, 1.165) is 12.0 Å². The van der Waals surface area contributed by atoms with Gasteiger partial charge in [-0.2, -0.15) is 0 Å². The van der Waals surface area contributed by atoms with Crippen LogP contribution >= 0.6 is 0 Å². The van der Waals surface area contributed by atoms with Gasteiger partial charge in [0.2, 0.25) is 0 Å². The van der Waals surface area contributed by atoms with E-state index in [1.807, 2.05) is 12.1 Å². The average Bonchev–Trinajstić information content (AvgIpc) is 3.08. The van der Waals surface area contributed by atoms with E-state index in [2.05, 4.69) is 17.1 Å². The van der Waals surface area contributed by atoms with Gasteiger partial charge in [-0.25, -0.2) is 0 Å². The Hall–Kier alpha value is -0.840. The molecule has 1 saturated heterocycles. The predicted molar refractivity (Wildman–Crippen MR) is 87.7 cm³/mol. The van der Waals surface area contributed by atoms with Crippen LogP contribution in [0.4, 0.5) is 0 Å². The van der Waals surface area contributed by atoms with Crippen molar-refractivity contribution in [2.45, 2.75) is 63.6 Å². The smallest absolute Gasteiger partial charge is 0.133 e. The second-order valence-electron chi connectivity index (χ2n) is 7.08. The molecule has 3 atom stereocenters. The number of furan rings is 1. The van der Waals surface area contributed by atoms with Crippen molar-refractivity contribution in [2.75, 3.05) is 19.6 Å². The van der Waals surface area contributed by atoms with Gasteiger partial charge in [0.25, 0.3) is 0 Å². The molecule has 2 heterocycles. The second kappa shape index (κ2) is 7.62. The third-order valence-electron chi connectivity index (χ3n) is 5.54. The molecule has 0 spiro atoms. The maximum atomic E-state index is 10.1. The summed E-state index contributed by atoms with van der Waals surface area (Å²) in [6, 6.07) is 4.99. The second-order valence-corrected chi connectivity index (χ2v) is 7.08. The zero-order chi connectivity index (χ0) is 15.4. The SMILES string of the molecule is CC1CCCCC1N1CCC(NCC(O)c2ccco2)CC1. The van der Waals surface area contributed by atoms with E-state index in [4.69, 9.17) is 4.42 Å². The summed E-state index contributed by atoms with van der Waals surface area (Å²) >= 11 is 0. The molecule has 1 saturated carbocycles. The monoisotopic (exact) mass is 306 g/mol. The molecule has 1 aliphatic carbocycles. The lowest BCUT2D eigenvalue weighted by Crippen LogP contribution is -2.49. The molecular weight excluding hydrogens is 276 g/mol. The van der Waals surface area contributed by atoms with Crippen LogP contribution < -0.4 is 5.32 Å². The van der Waals surface area contributed by atoms with E-state index in [1.165, 1.54) is 51.6 Å².